The number of ether oxygens (including phenoxy) is 1. The molecule has 126 valence electrons. The van der Waals surface area contributed by atoms with Gasteiger partial charge in [0, 0.05) is 35.5 Å². The molecule has 0 radical (unpaired) electrons. The number of carbonyl (C=O) groups excluding carboxylic acids is 1. The van der Waals surface area contributed by atoms with Crippen LogP contribution in [-0.4, -0.2) is 35.6 Å². The van der Waals surface area contributed by atoms with Crippen LogP contribution in [0.2, 0.25) is 0 Å². The normalized spacial score (nSPS) is 28.9. The minimum absolute atomic E-state index is 0.138. The molecule has 2 aromatic rings. The van der Waals surface area contributed by atoms with Gasteiger partial charge in [-0.1, -0.05) is 6.92 Å². The number of hydrogen-bond acceptors (Lipinski definition) is 3. The number of methoxy groups -OCH3 is 1. The monoisotopic (exact) mass is 324 g/mol. The maximum absolute atomic E-state index is 13.2. The quantitative estimate of drug-likeness (QED) is 0.843. The van der Waals surface area contributed by atoms with Crippen LogP contribution in [0.5, 0.6) is 5.75 Å². The Labute approximate surface area is 142 Å². The summed E-state index contributed by atoms with van der Waals surface area (Å²) >= 11 is 0. The maximum atomic E-state index is 13.2. The largest absolute Gasteiger partial charge is 0.497 e. The molecule has 2 unspecified atom stereocenters. The van der Waals surface area contributed by atoms with Crippen molar-refractivity contribution in [3.05, 3.63) is 29.5 Å². The van der Waals surface area contributed by atoms with E-state index in [-0.39, 0.29) is 11.3 Å². The van der Waals surface area contributed by atoms with Gasteiger partial charge in [-0.05, 0) is 49.9 Å². The zero-order chi connectivity index (χ0) is 16.5. The molecule has 4 nitrogen and oxygen atoms in total. The van der Waals surface area contributed by atoms with Crippen molar-refractivity contribution in [3.8, 4) is 5.75 Å². The number of rotatable bonds is 2. The molecule has 3 aliphatic heterocycles. The summed E-state index contributed by atoms with van der Waals surface area (Å²) in [6, 6.07) is 6.62. The second-order valence-corrected chi connectivity index (χ2v) is 7.66. The summed E-state index contributed by atoms with van der Waals surface area (Å²) in [5.74, 6) is 1.10. The first-order valence-corrected chi connectivity index (χ1v) is 9.17. The van der Waals surface area contributed by atoms with Gasteiger partial charge in [-0.25, -0.2) is 0 Å². The van der Waals surface area contributed by atoms with Crippen LogP contribution < -0.4 is 4.74 Å². The van der Waals surface area contributed by atoms with Crippen LogP contribution in [0.4, 0.5) is 0 Å². The van der Waals surface area contributed by atoms with Crippen LogP contribution >= 0.6 is 0 Å². The Kier molecular flexibility index (Phi) is 2.94. The topological polar surface area (TPSA) is 34.5 Å². The van der Waals surface area contributed by atoms with Crippen molar-refractivity contribution in [2.24, 2.45) is 5.41 Å². The van der Waals surface area contributed by atoms with Gasteiger partial charge in [-0.2, -0.15) is 0 Å². The molecule has 0 aliphatic carbocycles. The predicted octanol–water partition coefficient (Wildman–Crippen LogP) is 3.78. The number of hydrogen-bond donors (Lipinski definition) is 0. The molecule has 24 heavy (non-hydrogen) atoms. The average Bonchev–Trinajstić information content (AvgIpc) is 2.95. The van der Waals surface area contributed by atoms with Crippen molar-refractivity contribution in [3.63, 3.8) is 0 Å². The van der Waals surface area contributed by atoms with E-state index in [0.29, 0.717) is 12.5 Å². The summed E-state index contributed by atoms with van der Waals surface area (Å²) in [6.07, 6.45) is 5.22. The van der Waals surface area contributed by atoms with E-state index in [1.807, 2.05) is 16.7 Å². The minimum atomic E-state index is 0.138. The van der Waals surface area contributed by atoms with Gasteiger partial charge in [-0.15, -0.1) is 0 Å². The lowest BCUT2D eigenvalue weighted by atomic mass is 9.64. The van der Waals surface area contributed by atoms with Crippen LogP contribution in [0.1, 0.15) is 54.7 Å². The highest BCUT2D eigenvalue weighted by atomic mass is 16.5. The molecule has 4 heteroatoms. The van der Waals surface area contributed by atoms with Crippen molar-refractivity contribution in [1.29, 1.82) is 0 Å². The SMILES string of the molecule is CCC12CCCN3CCc4c(n(c5cc(OC)ccc45)C(=O)C1)C32. The van der Waals surface area contributed by atoms with Gasteiger partial charge >= 0.3 is 0 Å². The van der Waals surface area contributed by atoms with Crippen molar-refractivity contribution >= 4 is 16.8 Å². The third kappa shape index (κ3) is 1.65. The third-order valence-corrected chi connectivity index (χ3v) is 6.75. The van der Waals surface area contributed by atoms with E-state index in [1.54, 1.807) is 7.11 Å². The van der Waals surface area contributed by atoms with E-state index in [1.165, 1.54) is 36.0 Å². The van der Waals surface area contributed by atoms with Crippen LogP contribution in [0, 0.1) is 5.41 Å². The molecule has 1 fully saturated rings. The fourth-order valence-corrected chi connectivity index (χ4v) is 5.61. The van der Waals surface area contributed by atoms with Gasteiger partial charge in [0.1, 0.15) is 5.75 Å². The van der Waals surface area contributed by atoms with Gasteiger partial charge < -0.3 is 4.74 Å². The molecule has 0 saturated carbocycles. The Bertz CT molecular complexity index is 853. The van der Waals surface area contributed by atoms with Gasteiger partial charge in [0.2, 0.25) is 5.91 Å². The molecule has 1 aromatic carbocycles. The summed E-state index contributed by atoms with van der Waals surface area (Å²) in [6.45, 7) is 4.57. The molecule has 1 saturated heterocycles. The van der Waals surface area contributed by atoms with Gasteiger partial charge in [0.05, 0.1) is 18.7 Å². The maximum Gasteiger partial charge on any atom is 0.232 e. The van der Waals surface area contributed by atoms with E-state index < -0.39 is 0 Å². The Balaban J connectivity index is 1.84. The van der Waals surface area contributed by atoms with E-state index in [0.717, 1.165) is 30.7 Å². The lowest BCUT2D eigenvalue weighted by Gasteiger charge is -2.54. The van der Waals surface area contributed by atoms with Crippen LogP contribution in [0.3, 0.4) is 0 Å². The zero-order valence-electron chi connectivity index (χ0n) is 14.5. The van der Waals surface area contributed by atoms with Crippen LogP contribution in [0.15, 0.2) is 18.2 Å². The Morgan fingerprint density at radius 1 is 1.33 bits per heavy atom. The molecular weight excluding hydrogens is 300 g/mol. The Morgan fingerprint density at radius 2 is 2.21 bits per heavy atom. The second kappa shape index (κ2) is 4.85. The predicted molar refractivity (Wildman–Crippen MR) is 93.7 cm³/mol. The fraction of sp³-hybridized carbons (Fsp3) is 0.550. The zero-order valence-corrected chi connectivity index (χ0v) is 14.5. The lowest BCUT2D eigenvalue weighted by Crippen LogP contribution is -2.53. The number of piperidine rings is 1. The summed E-state index contributed by atoms with van der Waals surface area (Å²) < 4.78 is 7.45. The minimum Gasteiger partial charge on any atom is -0.497 e. The van der Waals surface area contributed by atoms with E-state index in [9.17, 15) is 4.79 Å². The van der Waals surface area contributed by atoms with E-state index in [2.05, 4.69) is 17.9 Å². The molecular formula is C20H24N2O2. The number of carbonyl (C=O) groups is 1. The van der Waals surface area contributed by atoms with E-state index >= 15 is 0 Å². The Morgan fingerprint density at radius 3 is 3.00 bits per heavy atom. The highest BCUT2D eigenvalue weighted by Gasteiger charge is 2.52. The molecule has 3 aliphatic rings. The molecule has 1 aromatic heterocycles. The lowest BCUT2D eigenvalue weighted by molar-refractivity contribution is -0.0174. The van der Waals surface area contributed by atoms with Crippen molar-refractivity contribution < 1.29 is 9.53 Å². The van der Waals surface area contributed by atoms with Crippen molar-refractivity contribution in [2.45, 2.75) is 45.1 Å². The molecule has 0 N–H and O–H groups in total. The first-order chi connectivity index (χ1) is 11.7. The summed E-state index contributed by atoms with van der Waals surface area (Å²) in [4.78, 5) is 15.8. The molecule has 0 bridgehead atoms. The van der Waals surface area contributed by atoms with Gasteiger partial charge in [0.15, 0.2) is 0 Å². The van der Waals surface area contributed by atoms with Crippen molar-refractivity contribution in [2.75, 3.05) is 20.2 Å². The first-order valence-electron chi connectivity index (χ1n) is 9.17. The first kappa shape index (κ1) is 14.5. The summed E-state index contributed by atoms with van der Waals surface area (Å²) in [7, 11) is 1.69. The highest BCUT2D eigenvalue weighted by molar-refractivity contribution is 5.98. The number of benzene rings is 1. The molecule has 5 rings (SSSR count). The molecule has 0 amide bonds. The second-order valence-electron chi connectivity index (χ2n) is 7.66. The number of fused-ring (bicyclic) bond motifs is 3. The molecule has 0 spiro atoms. The fourth-order valence-electron chi connectivity index (χ4n) is 5.61. The number of aromatic nitrogens is 1. The van der Waals surface area contributed by atoms with Gasteiger partial charge in [0.25, 0.3) is 0 Å². The summed E-state index contributed by atoms with van der Waals surface area (Å²) in [5.41, 5.74) is 3.88. The smallest absolute Gasteiger partial charge is 0.232 e. The Hall–Kier alpha value is -1.81. The molecule has 2 atom stereocenters. The third-order valence-electron chi connectivity index (χ3n) is 6.75. The number of nitrogens with zero attached hydrogens (tertiary/aromatic N) is 2. The van der Waals surface area contributed by atoms with Crippen molar-refractivity contribution in [1.82, 2.24) is 9.47 Å². The van der Waals surface area contributed by atoms with Crippen LogP contribution in [-0.2, 0) is 6.42 Å². The molecule has 4 heterocycles. The van der Waals surface area contributed by atoms with Gasteiger partial charge in [-0.3, -0.25) is 14.3 Å². The standard InChI is InChI=1S/C20H24N2O2/c1-3-20-8-4-9-21-10-7-15-14-6-5-13(24-2)11-16(14)22(17(23)12-20)18(15)19(20)21/h5-6,11,19H,3-4,7-10,12H2,1-2H3. The van der Waals surface area contributed by atoms with E-state index in [4.69, 9.17) is 4.74 Å². The average molecular weight is 324 g/mol. The summed E-state index contributed by atoms with van der Waals surface area (Å²) in [5, 5.41) is 1.25. The van der Waals surface area contributed by atoms with Crippen LogP contribution in [0.25, 0.3) is 10.9 Å². The highest BCUT2D eigenvalue weighted by Crippen LogP contribution is 2.57.